The Labute approximate surface area is 103 Å². The molecule has 0 aromatic heterocycles. The van der Waals surface area contributed by atoms with Crippen LogP contribution in [0.2, 0.25) is 0 Å². The van der Waals surface area contributed by atoms with E-state index in [1.807, 2.05) is 0 Å². The molecule has 1 heterocycles. The van der Waals surface area contributed by atoms with Crippen LogP contribution in [0, 0.1) is 0 Å². The summed E-state index contributed by atoms with van der Waals surface area (Å²) >= 11 is 0. The highest BCUT2D eigenvalue weighted by Crippen LogP contribution is 2.21. The topological polar surface area (TPSA) is 103 Å². The zero-order valence-electron chi connectivity index (χ0n) is 9.73. The van der Waals surface area contributed by atoms with E-state index < -0.39 is 11.9 Å². The summed E-state index contributed by atoms with van der Waals surface area (Å²) in [4.78, 5) is 27.9. The molecule has 0 aliphatic carbocycles. The molecular formula is C11H13N3O4. The maximum absolute atomic E-state index is 12.0. The minimum atomic E-state index is -0.695. The van der Waals surface area contributed by atoms with Crippen LogP contribution in [-0.4, -0.2) is 31.6 Å². The van der Waals surface area contributed by atoms with Gasteiger partial charge in [-0.2, -0.15) is 0 Å². The summed E-state index contributed by atoms with van der Waals surface area (Å²) in [5.41, 5.74) is 8.55. The molecular weight excluding hydrogens is 238 g/mol. The van der Waals surface area contributed by atoms with Gasteiger partial charge >= 0.3 is 0 Å². The van der Waals surface area contributed by atoms with Crippen LogP contribution < -0.4 is 21.3 Å². The molecule has 1 atom stereocenters. The average Bonchev–Trinajstić information content (AvgIpc) is 2.74. The van der Waals surface area contributed by atoms with E-state index in [-0.39, 0.29) is 12.5 Å². The Balaban J connectivity index is 2.15. The quantitative estimate of drug-likeness (QED) is 0.625. The summed E-state index contributed by atoms with van der Waals surface area (Å²) in [5, 5.41) is 2.54. The van der Waals surface area contributed by atoms with E-state index in [1.165, 1.54) is 13.2 Å². The van der Waals surface area contributed by atoms with Crippen LogP contribution in [0.1, 0.15) is 10.4 Å². The lowest BCUT2D eigenvalue weighted by Crippen LogP contribution is -2.41. The Morgan fingerprint density at radius 1 is 1.61 bits per heavy atom. The molecule has 7 heteroatoms. The number of ether oxygens (including phenoxy) is 1. The lowest BCUT2D eigenvalue weighted by Gasteiger charge is -2.11. The summed E-state index contributed by atoms with van der Waals surface area (Å²) < 4.78 is 5.07. The second-order valence-electron chi connectivity index (χ2n) is 3.76. The van der Waals surface area contributed by atoms with Crippen molar-refractivity contribution in [3.63, 3.8) is 0 Å². The first-order valence-corrected chi connectivity index (χ1v) is 5.28. The number of methoxy groups -OCH3 is 1. The Kier molecular flexibility index (Phi) is 3.33. The normalized spacial score (nSPS) is 18.3. The number of carbonyl (C=O) groups is 2. The predicted octanol–water partition coefficient (Wildman–Crippen LogP) is -0.563. The van der Waals surface area contributed by atoms with Crippen molar-refractivity contribution in [2.45, 2.75) is 6.04 Å². The molecule has 18 heavy (non-hydrogen) atoms. The smallest absolute Gasteiger partial charge is 0.268 e. The molecule has 1 aromatic rings. The molecule has 0 bridgehead atoms. The number of benzene rings is 1. The van der Waals surface area contributed by atoms with Gasteiger partial charge in [0.15, 0.2) is 0 Å². The fourth-order valence-corrected chi connectivity index (χ4v) is 1.58. The van der Waals surface area contributed by atoms with Crippen LogP contribution in [0.25, 0.3) is 0 Å². The minimum absolute atomic E-state index is 0.0991. The number of amides is 2. The summed E-state index contributed by atoms with van der Waals surface area (Å²) in [5.74, 6) is -0.443. The Bertz CT molecular complexity index is 489. The second-order valence-corrected chi connectivity index (χ2v) is 3.76. The van der Waals surface area contributed by atoms with Gasteiger partial charge < -0.3 is 15.8 Å². The van der Waals surface area contributed by atoms with E-state index in [0.717, 1.165) is 0 Å². The molecule has 7 nitrogen and oxygen atoms in total. The number of nitrogen functional groups attached to an aromatic ring is 1. The van der Waals surface area contributed by atoms with Crippen LogP contribution >= 0.6 is 0 Å². The lowest BCUT2D eigenvalue weighted by molar-refractivity contribution is -0.125. The first kappa shape index (κ1) is 12.2. The largest absolute Gasteiger partial charge is 0.496 e. The predicted molar refractivity (Wildman–Crippen MR) is 62.8 cm³/mol. The molecule has 2 rings (SSSR count). The van der Waals surface area contributed by atoms with Gasteiger partial charge in [0, 0.05) is 11.8 Å². The third-order valence-electron chi connectivity index (χ3n) is 2.51. The van der Waals surface area contributed by atoms with Crippen molar-refractivity contribution in [1.82, 2.24) is 10.8 Å². The van der Waals surface area contributed by atoms with Gasteiger partial charge in [-0.15, -0.1) is 0 Å². The van der Waals surface area contributed by atoms with Crippen LogP contribution in [0.4, 0.5) is 5.69 Å². The highest BCUT2D eigenvalue weighted by atomic mass is 16.7. The standard InChI is InChI=1S/C11H13N3O4/c1-17-9-4-6(12)2-3-7(9)10(15)13-8-5-18-14-11(8)16/h2-4,8H,5,12H2,1H3,(H,13,15)(H,14,16)/t8-/m1/s1. The maximum atomic E-state index is 12.0. The second kappa shape index (κ2) is 4.92. The van der Waals surface area contributed by atoms with Gasteiger partial charge in [0.25, 0.3) is 11.8 Å². The Morgan fingerprint density at radius 2 is 2.39 bits per heavy atom. The Hall–Kier alpha value is -2.28. The van der Waals surface area contributed by atoms with Crippen LogP contribution in [0.5, 0.6) is 5.75 Å². The summed E-state index contributed by atoms with van der Waals surface area (Å²) in [6.45, 7) is 0.0991. The number of hydroxylamine groups is 1. The van der Waals surface area contributed by atoms with Gasteiger partial charge in [0.2, 0.25) is 0 Å². The molecule has 1 aliphatic rings. The molecule has 1 aliphatic heterocycles. The number of nitrogens with one attached hydrogen (secondary N) is 2. The van der Waals surface area contributed by atoms with Gasteiger partial charge in [0.05, 0.1) is 12.7 Å². The van der Waals surface area contributed by atoms with Crippen molar-refractivity contribution in [1.29, 1.82) is 0 Å². The molecule has 0 radical (unpaired) electrons. The number of nitrogens with two attached hydrogens (primary N) is 1. The average molecular weight is 251 g/mol. The van der Waals surface area contributed by atoms with Crippen LogP contribution in [-0.2, 0) is 9.63 Å². The number of anilines is 1. The van der Waals surface area contributed by atoms with Crippen molar-refractivity contribution in [3.05, 3.63) is 23.8 Å². The number of hydrogen-bond donors (Lipinski definition) is 3. The third-order valence-corrected chi connectivity index (χ3v) is 2.51. The van der Waals surface area contributed by atoms with Crippen molar-refractivity contribution in [2.75, 3.05) is 19.5 Å². The van der Waals surface area contributed by atoms with Crippen molar-refractivity contribution < 1.29 is 19.2 Å². The number of rotatable bonds is 3. The van der Waals surface area contributed by atoms with Gasteiger partial charge in [0.1, 0.15) is 18.4 Å². The molecule has 0 saturated carbocycles. The van der Waals surface area contributed by atoms with Gasteiger partial charge in [-0.05, 0) is 12.1 Å². The molecule has 1 fully saturated rings. The molecule has 4 N–H and O–H groups in total. The summed E-state index contributed by atoms with van der Waals surface area (Å²) in [6.07, 6.45) is 0. The van der Waals surface area contributed by atoms with Crippen LogP contribution in [0.3, 0.4) is 0 Å². The molecule has 1 saturated heterocycles. The van der Waals surface area contributed by atoms with E-state index in [0.29, 0.717) is 17.0 Å². The third kappa shape index (κ3) is 2.35. The molecule has 0 unspecified atom stereocenters. The van der Waals surface area contributed by atoms with Gasteiger partial charge in [-0.25, -0.2) is 5.48 Å². The van der Waals surface area contributed by atoms with Crippen molar-refractivity contribution in [2.24, 2.45) is 0 Å². The van der Waals surface area contributed by atoms with E-state index >= 15 is 0 Å². The lowest BCUT2D eigenvalue weighted by atomic mass is 10.1. The molecule has 1 aromatic carbocycles. The van der Waals surface area contributed by atoms with Crippen molar-refractivity contribution >= 4 is 17.5 Å². The zero-order valence-corrected chi connectivity index (χ0v) is 9.73. The van der Waals surface area contributed by atoms with E-state index in [2.05, 4.69) is 10.8 Å². The van der Waals surface area contributed by atoms with E-state index in [1.54, 1.807) is 12.1 Å². The number of hydrogen-bond acceptors (Lipinski definition) is 5. The zero-order chi connectivity index (χ0) is 13.1. The monoisotopic (exact) mass is 251 g/mol. The summed E-state index contributed by atoms with van der Waals surface area (Å²) in [7, 11) is 1.44. The molecule has 0 spiro atoms. The van der Waals surface area contributed by atoms with Crippen molar-refractivity contribution in [3.8, 4) is 5.75 Å². The highest BCUT2D eigenvalue weighted by Gasteiger charge is 2.28. The first-order chi connectivity index (χ1) is 8.61. The summed E-state index contributed by atoms with van der Waals surface area (Å²) in [6, 6.07) is 3.97. The van der Waals surface area contributed by atoms with Gasteiger partial charge in [-0.3, -0.25) is 14.4 Å². The molecule has 96 valence electrons. The van der Waals surface area contributed by atoms with Crippen LogP contribution in [0.15, 0.2) is 18.2 Å². The first-order valence-electron chi connectivity index (χ1n) is 5.28. The minimum Gasteiger partial charge on any atom is -0.496 e. The highest BCUT2D eigenvalue weighted by molar-refractivity contribution is 6.00. The van der Waals surface area contributed by atoms with E-state index in [4.69, 9.17) is 15.3 Å². The fourth-order valence-electron chi connectivity index (χ4n) is 1.58. The fraction of sp³-hybridized carbons (Fsp3) is 0.273. The maximum Gasteiger partial charge on any atom is 0.268 e. The van der Waals surface area contributed by atoms with E-state index in [9.17, 15) is 9.59 Å². The molecule has 2 amide bonds. The SMILES string of the molecule is COc1cc(N)ccc1C(=O)N[C@@H]1CONC1=O. The van der Waals surface area contributed by atoms with Gasteiger partial charge in [-0.1, -0.05) is 0 Å². The Morgan fingerprint density at radius 3 is 3.00 bits per heavy atom. The number of carbonyl (C=O) groups excluding carboxylic acids is 2.